The molecule has 0 aliphatic carbocycles. The van der Waals surface area contributed by atoms with Gasteiger partial charge in [0.2, 0.25) is 10.0 Å². The Hall–Kier alpha value is -1.31. The molecule has 0 saturated carbocycles. The molecule has 22 heavy (non-hydrogen) atoms. The summed E-state index contributed by atoms with van der Waals surface area (Å²) in [5, 5.41) is 3.71. The Bertz CT molecular complexity index is 709. The van der Waals surface area contributed by atoms with Crippen LogP contribution in [-0.4, -0.2) is 25.4 Å². The van der Waals surface area contributed by atoms with Crippen LogP contribution in [0.15, 0.2) is 39.8 Å². The Morgan fingerprint density at radius 2 is 1.95 bits per heavy atom. The minimum absolute atomic E-state index is 0.163. The number of aryl methyl sites for hydroxylation is 2. The van der Waals surface area contributed by atoms with Crippen molar-refractivity contribution in [3.05, 3.63) is 47.3 Å². The number of nitrogens with zero attached hydrogens (tertiary/aromatic N) is 1. The molecule has 0 saturated heterocycles. The second-order valence-electron chi connectivity index (χ2n) is 5.33. The van der Waals surface area contributed by atoms with Crippen LogP contribution in [0.1, 0.15) is 23.9 Å². The Labute approximate surface area is 135 Å². The predicted octanol–water partition coefficient (Wildman–Crippen LogP) is 2.89. The smallest absolute Gasteiger partial charge is 0.217 e. The summed E-state index contributed by atoms with van der Waals surface area (Å²) in [6.07, 6.45) is 0. The molecule has 0 aliphatic rings. The van der Waals surface area contributed by atoms with Crippen LogP contribution in [0.25, 0.3) is 0 Å². The van der Waals surface area contributed by atoms with E-state index in [4.69, 9.17) is 4.52 Å². The Morgan fingerprint density at radius 1 is 1.27 bits per heavy atom. The van der Waals surface area contributed by atoms with Gasteiger partial charge in [0.25, 0.3) is 0 Å². The van der Waals surface area contributed by atoms with E-state index in [0.29, 0.717) is 17.2 Å². The van der Waals surface area contributed by atoms with Gasteiger partial charge in [-0.1, -0.05) is 22.9 Å². The molecule has 0 bridgehead atoms. The highest BCUT2D eigenvalue weighted by Gasteiger charge is 2.17. The topological polar surface area (TPSA) is 72.2 Å². The molecule has 5 nitrogen and oxygen atoms in total. The van der Waals surface area contributed by atoms with Crippen LogP contribution in [0.4, 0.5) is 0 Å². The highest BCUT2D eigenvalue weighted by Crippen LogP contribution is 2.19. The first-order chi connectivity index (χ1) is 10.3. The molecular formula is C15H20N2O3S2. The van der Waals surface area contributed by atoms with Gasteiger partial charge in [-0.15, -0.1) is 11.8 Å². The van der Waals surface area contributed by atoms with Crippen LogP contribution in [0, 0.1) is 13.8 Å². The first-order valence-electron chi connectivity index (χ1n) is 6.96. The number of rotatable bonds is 7. The molecule has 1 unspecified atom stereocenters. The maximum absolute atomic E-state index is 12.1. The lowest BCUT2D eigenvalue weighted by molar-refractivity contribution is 0.392. The molecule has 120 valence electrons. The molecule has 2 aromatic rings. The fraction of sp³-hybridized carbons (Fsp3) is 0.400. The molecule has 1 aromatic heterocycles. The van der Waals surface area contributed by atoms with Gasteiger partial charge >= 0.3 is 0 Å². The van der Waals surface area contributed by atoms with E-state index in [1.54, 1.807) is 24.8 Å². The molecule has 0 amide bonds. The van der Waals surface area contributed by atoms with Crippen LogP contribution in [-0.2, 0) is 15.8 Å². The first-order valence-corrected chi connectivity index (χ1v) is 9.59. The number of benzene rings is 1. The minimum Gasteiger partial charge on any atom is -0.361 e. The maximum Gasteiger partial charge on any atom is 0.217 e. The summed E-state index contributed by atoms with van der Waals surface area (Å²) in [6, 6.07) is 9.64. The van der Waals surface area contributed by atoms with Crippen LogP contribution < -0.4 is 4.72 Å². The molecule has 0 spiro atoms. The van der Waals surface area contributed by atoms with Crippen LogP contribution >= 0.6 is 11.8 Å². The van der Waals surface area contributed by atoms with Crippen LogP contribution in [0.3, 0.4) is 0 Å². The number of nitrogens with one attached hydrogen (secondary N) is 1. The van der Waals surface area contributed by atoms with Crippen molar-refractivity contribution in [1.29, 1.82) is 0 Å². The van der Waals surface area contributed by atoms with Gasteiger partial charge in [-0.2, -0.15) is 0 Å². The molecule has 0 radical (unpaired) electrons. The van der Waals surface area contributed by atoms with Gasteiger partial charge in [-0.3, -0.25) is 0 Å². The van der Waals surface area contributed by atoms with E-state index in [9.17, 15) is 8.42 Å². The molecule has 1 N–H and O–H groups in total. The van der Waals surface area contributed by atoms with Gasteiger partial charge in [0.05, 0.1) is 0 Å². The third-order valence-electron chi connectivity index (χ3n) is 2.92. The van der Waals surface area contributed by atoms with E-state index in [1.165, 1.54) is 5.56 Å². The number of hydrogen-bond donors (Lipinski definition) is 1. The van der Waals surface area contributed by atoms with Gasteiger partial charge in [-0.25, -0.2) is 13.1 Å². The molecule has 0 aliphatic heterocycles. The van der Waals surface area contributed by atoms with Crippen molar-refractivity contribution in [1.82, 2.24) is 9.88 Å². The lowest BCUT2D eigenvalue weighted by Crippen LogP contribution is -2.35. The third-order valence-corrected chi connectivity index (χ3v) is 5.63. The van der Waals surface area contributed by atoms with Gasteiger partial charge < -0.3 is 4.52 Å². The molecule has 0 fully saturated rings. The van der Waals surface area contributed by atoms with Gasteiger partial charge in [0.15, 0.2) is 0 Å². The highest BCUT2D eigenvalue weighted by atomic mass is 32.2. The second-order valence-corrected chi connectivity index (χ2v) is 8.18. The number of hydrogen-bond acceptors (Lipinski definition) is 5. The average Bonchev–Trinajstić information content (AvgIpc) is 2.82. The zero-order valence-corrected chi connectivity index (χ0v) is 14.5. The predicted molar refractivity (Wildman–Crippen MR) is 88.4 cm³/mol. The number of sulfonamides is 1. The lowest BCUT2D eigenvalue weighted by atomic mass is 10.2. The van der Waals surface area contributed by atoms with E-state index in [-0.39, 0.29) is 11.8 Å². The lowest BCUT2D eigenvalue weighted by Gasteiger charge is -2.13. The quantitative estimate of drug-likeness (QED) is 0.785. The molecule has 1 heterocycles. The monoisotopic (exact) mass is 340 g/mol. The fourth-order valence-electron chi connectivity index (χ4n) is 1.92. The molecule has 2 rings (SSSR count). The second kappa shape index (κ2) is 7.30. The first kappa shape index (κ1) is 17.1. The Kier molecular flexibility index (Phi) is 5.66. The van der Waals surface area contributed by atoms with Crippen LogP contribution in [0.5, 0.6) is 0 Å². The summed E-state index contributed by atoms with van der Waals surface area (Å²) in [5.74, 6) is 1.11. The summed E-state index contributed by atoms with van der Waals surface area (Å²) in [6.45, 7) is 5.63. The van der Waals surface area contributed by atoms with Crippen molar-refractivity contribution >= 4 is 21.8 Å². The minimum atomic E-state index is -3.42. The standard InChI is InChI=1S/C15H20N2O3S2/c1-11-4-6-15(7-5-11)21-9-12(2)17-22(18,19)10-14-8-13(3)20-16-14/h4-8,12,17H,9-10H2,1-3H3. The SMILES string of the molecule is Cc1ccc(SCC(C)NS(=O)(=O)Cc2cc(C)on2)cc1. The van der Waals surface area contributed by atoms with Crippen molar-refractivity contribution in [3.63, 3.8) is 0 Å². The molecule has 7 heteroatoms. The summed E-state index contributed by atoms with van der Waals surface area (Å²) in [5.41, 5.74) is 1.63. The molecule has 1 atom stereocenters. The summed E-state index contributed by atoms with van der Waals surface area (Å²) >= 11 is 1.63. The van der Waals surface area contributed by atoms with Crippen molar-refractivity contribution in [2.45, 2.75) is 37.5 Å². The number of aromatic nitrogens is 1. The maximum atomic E-state index is 12.1. The summed E-state index contributed by atoms with van der Waals surface area (Å²) < 4.78 is 31.7. The summed E-state index contributed by atoms with van der Waals surface area (Å²) in [4.78, 5) is 1.13. The summed E-state index contributed by atoms with van der Waals surface area (Å²) in [7, 11) is -3.42. The highest BCUT2D eigenvalue weighted by molar-refractivity contribution is 7.99. The Morgan fingerprint density at radius 3 is 2.55 bits per heavy atom. The van der Waals surface area contributed by atoms with Gasteiger partial charge in [-0.05, 0) is 32.9 Å². The largest absolute Gasteiger partial charge is 0.361 e. The Balaban J connectivity index is 1.85. The van der Waals surface area contributed by atoms with E-state index in [1.807, 2.05) is 38.1 Å². The van der Waals surface area contributed by atoms with Gasteiger partial charge in [0, 0.05) is 22.8 Å². The average molecular weight is 340 g/mol. The van der Waals surface area contributed by atoms with Crippen molar-refractivity contribution in [2.75, 3.05) is 5.75 Å². The molecule has 1 aromatic carbocycles. The van der Waals surface area contributed by atoms with Crippen molar-refractivity contribution < 1.29 is 12.9 Å². The third kappa shape index (κ3) is 5.47. The van der Waals surface area contributed by atoms with Crippen LogP contribution in [0.2, 0.25) is 0 Å². The zero-order valence-electron chi connectivity index (χ0n) is 12.9. The fourth-order valence-corrected chi connectivity index (χ4v) is 4.18. The molecular weight excluding hydrogens is 320 g/mol. The van der Waals surface area contributed by atoms with E-state index < -0.39 is 10.0 Å². The van der Waals surface area contributed by atoms with Crippen molar-refractivity contribution in [2.24, 2.45) is 0 Å². The van der Waals surface area contributed by atoms with Gasteiger partial charge in [0.1, 0.15) is 17.2 Å². The van der Waals surface area contributed by atoms with E-state index in [0.717, 1.165) is 4.90 Å². The van der Waals surface area contributed by atoms with E-state index in [2.05, 4.69) is 9.88 Å². The normalized spacial score (nSPS) is 13.2. The van der Waals surface area contributed by atoms with Crippen molar-refractivity contribution in [3.8, 4) is 0 Å². The number of thioether (sulfide) groups is 1. The van der Waals surface area contributed by atoms with E-state index >= 15 is 0 Å². The zero-order chi connectivity index (χ0) is 16.2.